The zero-order valence-electron chi connectivity index (χ0n) is 10.6. The molecular formula is C13H17FN2OS. The van der Waals surface area contributed by atoms with E-state index in [0.717, 1.165) is 18.1 Å². The van der Waals surface area contributed by atoms with E-state index in [1.807, 2.05) is 23.6 Å². The predicted molar refractivity (Wildman–Crippen MR) is 73.4 cm³/mol. The highest BCUT2D eigenvalue weighted by atomic mass is 32.2. The third-order valence-corrected chi connectivity index (χ3v) is 4.39. The van der Waals surface area contributed by atoms with Gasteiger partial charge in [0.2, 0.25) is 0 Å². The van der Waals surface area contributed by atoms with Crippen molar-refractivity contribution in [1.82, 2.24) is 4.90 Å². The maximum atomic E-state index is 13.3. The van der Waals surface area contributed by atoms with Crippen molar-refractivity contribution in [2.75, 3.05) is 23.8 Å². The van der Waals surface area contributed by atoms with E-state index in [-0.39, 0.29) is 17.6 Å². The maximum Gasteiger partial charge on any atom is 0.254 e. The van der Waals surface area contributed by atoms with E-state index >= 15 is 0 Å². The Kier molecular flexibility index (Phi) is 3.80. The number of nitrogen functional groups attached to an aromatic ring is 1. The van der Waals surface area contributed by atoms with Gasteiger partial charge in [-0.05, 0) is 31.5 Å². The number of nitrogens with zero attached hydrogens (tertiary/aromatic N) is 1. The zero-order valence-corrected chi connectivity index (χ0v) is 11.4. The van der Waals surface area contributed by atoms with Crippen LogP contribution in [0.15, 0.2) is 12.1 Å². The number of rotatable bonds is 1. The van der Waals surface area contributed by atoms with Gasteiger partial charge in [-0.25, -0.2) is 4.39 Å². The number of hydrogen-bond donors (Lipinski definition) is 1. The molecule has 1 aromatic carbocycles. The van der Waals surface area contributed by atoms with Gasteiger partial charge in [0.1, 0.15) is 5.82 Å². The standard InChI is InChI=1S/C13H17FN2OS/c1-8-5-11(14)12(15)6-10(8)13(17)16-3-4-18-7-9(16)2/h5-6,9H,3-4,7,15H2,1-2H3. The van der Waals surface area contributed by atoms with Crippen molar-refractivity contribution in [2.45, 2.75) is 19.9 Å². The molecule has 1 aliphatic heterocycles. The van der Waals surface area contributed by atoms with E-state index in [0.29, 0.717) is 11.1 Å². The van der Waals surface area contributed by atoms with Crippen molar-refractivity contribution in [1.29, 1.82) is 0 Å². The number of anilines is 1. The Balaban J connectivity index is 2.30. The van der Waals surface area contributed by atoms with Crippen molar-refractivity contribution < 1.29 is 9.18 Å². The molecule has 0 spiro atoms. The van der Waals surface area contributed by atoms with E-state index in [4.69, 9.17) is 5.73 Å². The van der Waals surface area contributed by atoms with Crippen LogP contribution in [-0.4, -0.2) is 34.9 Å². The number of hydrogen-bond acceptors (Lipinski definition) is 3. The van der Waals surface area contributed by atoms with Gasteiger partial charge in [0, 0.05) is 29.7 Å². The van der Waals surface area contributed by atoms with E-state index in [2.05, 4.69) is 0 Å². The molecule has 2 rings (SSSR count). The summed E-state index contributed by atoms with van der Waals surface area (Å²) in [5.74, 6) is 1.38. The quantitative estimate of drug-likeness (QED) is 0.795. The van der Waals surface area contributed by atoms with Crippen LogP contribution in [0, 0.1) is 12.7 Å². The summed E-state index contributed by atoms with van der Waals surface area (Å²) in [4.78, 5) is 14.3. The number of thioether (sulfide) groups is 1. The molecule has 0 aromatic heterocycles. The fraction of sp³-hybridized carbons (Fsp3) is 0.462. The molecule has 1 unspecified atom stereocenters. The van der Waals surface area contributed by atoms with Crippen LogP contribution in [0.2, 0.25) is 0 Å². The Labute approximate surface area is 111 Å². The SMILES string of the molecule is Cc1cc(F)c(N)cc1C(=O)N1CCSCC1C. The van der Waals surface area contributed by atoms with E-state index in [1.54, 1.807) is 6.92 Å². The second-order valence-electron chi connectivity index (χ2n) is 4.61. The summed E-state index contributed by atoms with van der Waals surface area (Å²) in [6.45, 7) is 4.51. The lowest BCUT2D eigenvalue weighted by atomic mass is 10.1. The van der Waals surface area contributed by atoms with E-state index in [1.165, 1.54) is 12.1 Å². The van der Waals surface area contributed by atoms with Gasteiger partial charge in [0.25, 0.3) is 5.91 Å². The molecule has 3 nitrogen and oxygen atoms in total. The summed E-state index contributed by atoms with van der Waals surface area (Å²) in [6.07, 6.45) is 0. The van der Waals surface area contributed by atoms with Crippen LogP contribution in [0.1, 0.15) is 22.8 Å². The molecule has 18 heavy (non-hydrogen) atoms. The van der Waals surface area contributed by atoms with Gasteiger partial charge in [-0.2, -0.15) is 11.8 Å². The molecule has 5 heteroatoms. The molecule has 0 aliphatic carbocycles. The van der Waals surface area contributed by atoms with Crippen LogP contribution < -0.4 is 5.73 Å². The van der Waals surface area contributed by atoms with E-state index in [9.17, 15) is 9.18 Å². The van der Waals surface area contributed by atoms with Crippen molar-refractivity contribution in [3.8, 4) is 0 Å². The fourth-order valence-corrected chi connectivity index (χ4v) is 3.12. The largest absolute Gasteiger partial charge is 0.396 e. The van der Waals surface area contributed by atoms with Gasteiger partial charge in [-0.3, -0.25) is 4.79 Å². The van der Waals surface area contributed by atoms with Gasteiger partial charge in [-0.1, -0.05) is 0 Å². The summed E-state index contributed by atoms with van der Waals surface area (Å²) in [5.41, 5.74) is 6.72. The average Bonchev–Trinajstić information content (AvgIpc) is 2.33. The normalized spacial score (nSPS) is 19.9. The summed E-state index contributed by atoms with van der Waals surface area (Å²) in [6, 6.07) is 2.98. The summed E-state index contributed by atoms with van der Waals surface area (Å²) in [5, 5.41) is 0. The summed E-state index contributed by atoms with van der Waals surface area (Å²) in [7, 11) is 0. The first-order valence-corrected chi connectivity index (χ1v) is 7.10. The summed E-state index contributed by atoms with van der Waals surface area (Å²) >= 11 is 1.85. The van der Waals surface area contributed by atoms with Crippen molar-refractivity contribution in [3.05, 3.63) is 29.1 Å². The molecule has 1 amide bonds. The minimum Gasteiger partial charge on any atom is -0.396 e. The lowest BCUT2D eigenvalue weighted by Gasteiger charge is -2.33. The van der Waals surface area contributed by atoms with Crippen LogP contribution in [0.25, 0.3) is 0 Å². The number of nitrogens with two attached hydrogens (primary N) is 1. The van der Waals surface area contributed by atoms with Gasteiger partial charge < -0.3 is 10.6 Å². The highest BCUT2D eigenvalue weighted by Gasteiger charge is 2.26. The first-order valence-electron chi connectivity index (χ1n) is 5.95. The molecule has 98 valence electrons. The molecule has 1 fully saturated rings. The Morgan fingerprint density at radius 3 is 2.94 bits per heavy atom. The summed E-state index contributed by atoms with van der Waals surface area (Å²) < 4.78 is 13.3. The molecule has 1 aromatic rings. The van der Waals surface area contributed by atoms with Crippen LogP contribution in [0.3, 0.4) is 0 Å². The first kappa shape index (κ1) is 13.2. The van der Waals surface area contributed by atoms with Gasteiger partial charge in [-0.15, -0.1) is 0 Å². The molecule has 0 saturated carbocycles. The van der Waals surface area contributed by atoms with Crippen LogP contribution in [0.4, 0.5) is 10.1 Å². The Morgan fingerprint density at radius 2 is 2.28 bits per heavy atom. The van der Waals surface area contributed by atoms with Crippen LogP contribution in [-0.2, 0) is 0 Å². The molecule has 1 atom stereocenters. The second kappa shape index (κ2) is 5.18. The smallest absolute Gasteiger partial charge is 0.254 e. The zero-order chi connectivity index (χ0) is 13.3. The van der Waals surface area contributed by atoms with Crippen molar-refractivity contribution >= 4 is 23.4 Å². The fourth-order valence-electron chi connectivity index (χ4n) is 2.10. The van der Waals surface area contributed by atoms with Crippen molar-refractivity contribution in [2.24, 2.45) is 0 Å². The van der Waals surface area contributed by atoms with Gasteiger partial charge in [0.15, 0.2) is 0 Å². The first-order chi connectivity index (χ1) is 8.50. The molecule has 0 radical (unpaired) electrons. The number of aryl methyl sites for hydroxylation is 1. The average molecular weight is 268 g/mol. The molecular weight excluding hydrogens is 251 g/mol. The molecule has 0 bridgehead atoms. The third-order valence-electron chi connectivity index (χ3n) is 3.20. The minimum atomic E-state index is -0.466. The number of amides is 1. The Bertz CT molecular complexity index is 478. The van der Waals surface area contributed by atoms with Gasteiger partial charge >= 0.3 is 0 Å². The molecule has 2 N–H and O–H groups in total. The number of halogens is 1. The van der Waals surface area contributed by atoms with Crippen LogP contribution >= 0.6 is 11.8 Å². The number of carbonyl (C=O) groups is 1. The molecule has 1 saturated heterocycles. The van der Waals surface area contributed by atoms with Crippen molar-refractivity contribution in [3.63, 3.8) is 0 Å². The Morgan fingerprint density at radius 1 is 1.56 bits per heavy atom. The molecule has 1 heterocycles. The maximum absolute atomic E-state index is 13.3. The topological polar surface area (TPSA) is 46.3 Å². The minimum absolute atomic E-state index is 0.0305. The highest BCUT2D eigenvalue weighted by Crippen LogP contribution is 2.23. The van der Waals surface area contributed by atoms with Gasteiger partial charge in [0.05, 0.1) is 5.69 Å². The lowest BCUT2D eigenvalue weighted by molar-refractivity contribution is 0.0715. The Hall–Kier alpha value is -1.23. The monoisotopic (exact) mass is 268 g/mol. The highest BCUT2D eigenvalue weighted by molar-refractivity contribution is 7.99. The second-order valence-corrected chi connectivity index (χ2v) is 5.76. The van der Waals surface area contributed by atoms with E-state index < -0.39 is 5.82 Å². The lowest BCUT2D eigenvalue weighted by Crippen LogP contribution is -2.44. The van der Waals surface area contributed by atoms with Crippen LogP contribution in [0.5, 0.6) is 0 Å². The third kappa shape index (κ3) is 2.46. The molecule has 1 aliphatic rings. The number of carbonyl (C=O) groups excluding carboxylic acids is 1. The predicted octanol–water partition coefficient (Wildman–Crippen LogP) is 2.29. The number of benzene rings is 1.